The number of carbonyl (C=O) groups is 2. The van der Waals surface area contributed by atoms with Crippen LogP contribution in [-0.4, -0.2) is 34.8 Å². The van der Waals surface area contributed by atoms with Crippen LogP contribution in [0.15, 0.2) is 59.0 Å². The predicted molar refractivity (Wildman–Crippen MR) is 99.2 cm³/mol. The maximum absolute atomic E-state index is 12.3. The summed E-state index contributed by atoms with van der Waals surface area (Å²) in [4.78, 5) is 23.4. The second-order valence-corrected chi connectivity index (χ2v) is 6.15. The maximum Gasteiger partial charge on any atom is 0.251 e. The SMILES string of the molecule is O=C(CC[C@@H](CO)NC(=O)c1ccc(-c2cc3ccccc3o2)cc1)NO. The molecule has 0 saturated carbocycles. The van der Waals surface area contributed by atoms with Crippen molar-refractivity contribution in [2.75, 3.05) is 6.61 Å². The van der Waals surface area contributed by atoms with Gasteiger partial charge in [-0.25, -0.2) is 5.48 Å². The molecule has 7 nitrogen and oxygen atoms in total. The number of benzene rings is 2. The molecule has 3 rings (SSSR count). The number of carbonyl (C=O) groups excluding carboxylic acids is 2. The number of fused-ring (bicyclic) bond motifs is 1. The highest BCUT2D eigenvalue weighted by atomic mass is 16.5. The van der Waals surface area contributed by atoms with Crippen molar-refractivity contribution in [1.29, 1.82) is 0 Å². The summed E-state index contributed by atoms with van der Waals surface area (Å²) in [6.07, 6.45) is 0.207. The molecule has 2 aromatic carbocycles. The van der Waals surface area contributed by atoms with Crippen molar-refractivity contribution < 1.29 is 24.3 Å². The number of hydroxylamine groups is 1. The number of furan rings is 1. The molecule has 7 heteroatoms. The van der Waals surface area contributed by atoms with Crippen LogP contribution < -0.4 is 10.8 Å². The van der Waals surface area contributed by atoms with Gasteiger partial charge in [0, 0.05) is 22.9 Å². The number of aliphatic hydroxyl groups excluding tert-OH is 1. The highest BCUT2D eigenvalue weighted by Gasteiger charge is 2.15. The lowest BCUT2D eigenvalue weighted by Crippen LogP contribution is -2.38. The molecule has 1 atom stereocenters. The van der Waals surface area contributed by atoms with Crippen LogP contribution in [0.2, 0.25) is 0 Å². The van der Waals surface area contributed by atoms with Gasteiger partial charge in [-0.15, -0.1) is 0 Å². The second kappa shape index (κ2) is 8.48. The van der Waals surface area contributed by atoms with Gasteiger partial charge in [0.2, 0.25) is 5.91 Å². The van der Waals surface area contributed by atoms with Crippen molar-refractivity contribution in [3.8, 4) is 11.3 Å². The zero-order chi connectivity index (χ0) is 19.2. The normalized spacial score (nSPS) is 11.9. The number of rotatable bonds is 7. The van der Waals surface area contributed by atoms with E-state index in [1.165, 1.54) is 5.48 Å². The van der Waals surface area contributed by atoms with Crippen molar-refractivity contribution in [3.63, 3.8) is 0 Å². The van der Waals surface area contributed by atoms with E-state index in [1.807, 2.05) is 30.3 Å². The van der Waals surface area contributed by atoms with Gasteiger partial charge in [0.05, 0.1) is 12.6 Å². The topological polar surface area (TPSA) is 112 Å². The molecule has 0 aliphatic heterocycles. The third kappa shape index (κ3) is 4.52. The fraction of sp³-hybridized carbons (Fsp3) is 0.200. The molecule has 0 aliphatic carbocycles. The summed E-state index contributed by atoms with van der Waals surface area (Å²) in [7, 11) is 0. The second-order valence-electron chi connectivity index (χ2n) is 6.15. The lowest BCUT2D eigenvalue weighted by Gasteiger charge is -2.15. The molecular weight excluding hydrogens is 348 g/mol. The lowest BCUT2D eigenvalue weighted by atomic mass is 10.1. The molecule has 27 heavy (non-hydrogen) atoms. The fourth-order valence-electron chi connectivity index (χ4n) is 2.75. The summed E-state index contributed by atoms with van der Waals surface area (Å²) in [5.41, 5.74) is 3.60. The Morgan fingerprint density at radius 2 is 1.81 bits per heavy atom. The van der Waals surface area contributed by atoms with Crippen LogP contribution in [0.1, 0.15) is 23.2 Å². The zero-order valence-corrected chi connectivity index (χ0v) is 14.5. The summed E-state index contributed by atoms with van der Waals surface area (Å²) in [5.74, 6) is -0.209. The molecule has 0 unspecified atom stereocenters. The Kier molecular flexibility index (Phi) is 5.85. The standard InChI is InChI=1S/C20H20N2O5/c23-12-16(9-10-19(24)22-26)21-20(25)14-7-5-13(6-8-14)18-11-15-3-1-2-4-17(15)27-18/h1-8,11,16,23,26H,9-10,12H2,(H,21,25)(H,22,24)/t16-/m0/s1. The Morgan fingerprint density at radius 1 is 1.07 bits per heavy atom. The minimum atomic E-state index is -0.579. The van der Waals surface area contributed by atoms with Crippen LogP contribution in [0.3, 0.4) is 0 Å². The Labute approximate surface area is 155 Å². The number of nitrogens with one attached hydrogen (secondary N) is 2. The average molecular weight is 368 g/mol. The predicted octanol–water partition coefficient (Wildman–Crippen LogP) is 2.48. The van der Waals surface area contributed by atoms with E-state index in [4.69, 9.17) is 9.62 Å². The Morgan fingerprint density at radius 3 is 2.48 bits per heavy atom. The van der Waals surface area contributed by atoms with E-state index in [-0.39, 0.29) is 25.4 Å². The van der Waals surface area contributed by atoms with Crippen molar-refractivity contribution in [2.24, 2.45) is 0 Å². The van der Waals surface area contributed by atoms with E-state index in [9.17, 15) is 14.7 Å². The van der Waals surface area contributed by atoms with E-state index in [1.54, 1.807) is 24.3 Å². The van der Waals surface area contributed by atoms with Crippen LogP contribution in [0, 0.1) is 0 Å². The minimum Gasteiger partial charge on any atom is -0.456 e. The van der Waals surface area contributed by atoms with Crippen molar-refractivity contribution in [3.05, 3.63) is 60.2 Å². The molecule has 140 valence electrons. The first-order chi connectivity index (χ1) is 13.1. The third-order valence-electron chi connectivity index (χ3n) is 4.26. The smallest absolute Gasteiger partial charge is 0.251 e. The maximum atomic E-state index is 12.3. The molecular formula is C20H20N2O5. The van der Waals surface area contributed by atoms with Crippen LogP contribution >= 0.6 is 0 Å². The van der Waals surface area contributed by atoms with Crippen LogP contribution in [0.5, 0.6) is 0 Å². The van der Waals surface area contributed by atoms with Gasteiger partial charge in [0.25, 0.3) is 5.91 Å². The van der Waals surface area contributed by atoms with E-state index >= 15 is 0 Å². The summed E-state index contributed by atoms with van der Waals surface area (Å²) in [5, 5.41) is 21.5. The van der Waals surface area contributed by atoms with Crippen LogP contribution in [0.25, 0.3) is 22.3 Å². The Hall–Kier alpha value is -3.16. The van der Waals surface area contributed by atoms with Gasteiger partial charge in [-0.1, -0.05) is 30.3 Å². The van der Waals surface area contributed by atoms with Gasteiger partial charge in [-0.2, -0.15) is 0 Å². The van der Waals surface area contributed by atoms with Gasteiger partial charge in [-0.05, 0) is 30.7 Å². The summed E-state index contributed by atoms with van der Waals surface area (Å²) in [6, 6.07) is 16.0. The monoisotopic (exact) mass is 368 g/mol. The molecule has 0 saturated heterocycles. The molecule has 0 fully saturated rings. The molecule has 3 aromatic rings. The van der Waals surface area contributed by atoms with Gasteiger partial charge in [0.15, 0.2) is 0 Å². The number of amides is 2. The van der Waals surface area contributed by atoms with E-state index < -0.39 is 11.9 Å². The molecule has 0 bridgehead atoms. The molecule has 2 amide bonds. The third-order valence-corrected chi connectivity index (χ3v) is 4.26. The molecule has 4 N–H and O–H groups in total. The molecule has 1 aromatic heterocycles. The summed E-state index contributed by atoms with van der Waals surface area (Å²) in [6.45, 7) is -0.304. The Balaban J connectivity index is 1.66. The number of para-hydroxylation sites is 1. The zero-order valence-electron chi connectivity index (χ0n) is 14.5. The van der Waals surface area contributed by atoms with Gasteiger partial charge in [-0.3, -0.25) is 14.8 Å². The van der Waals surface area contributed by atoms with Crippen LogP contribution in [0.4, 0.5) is 0 Å². The van der Waals surface area contributed by atoms with E-state index in [2.05, 4.69) is 5.32 Å². The molecule has 0 spiro atoms. The number of hydrogen-bond acceptors (Lipinski definition) is 5. The molecule has 0 radical (unpaired) electrons. The first-order valence-corrected chi connectivity index (χ1v) is 8.54. The van der Waals surface area contributed by atoms with Crippen molar-refractivity contribution in [1.82, 2.24) is 10.8 Å². The van der Waals surface area contributed by atoms with Gasteiger partial charge >= 0.3 is 0 Å². The Bertz CT molecular complexity index is 900. The molecule has 1 heterocycles. The first-order valence-electron chi connectivity index (χ1n) is 8.54. The van der Waals surface area contributed by atoms with E-state index in [0.29, 0.717) is 11.3 Å². The largest absolute Gasteiger partial charge is 0.456 e. The average Bonchev–Trinajstić information content (AvgIpc) is 3.15. The highest BCUT2D eigenvalue weighted by molar-refractivity contribution is 5.95. The van der Waals surface area contributed by atoms with Crippen molar-refractivity contribution in [2.45, 2.75) is 18.9 Å². The summed E-state index contributed by atoms with van der Waals surface area (Å²) < 4.78 is 5.81. The number of aliphatic hydroxyl groups is 1. The summed E-state index contributed by atoms with van der Waals surface area (Å²) >= 11 is 0. The van der Waals surface area contributed by atoms with E-state index in [0.717, 1.165) is 16.5 Å². The van der Waals surface area contributed by atoms with Gasteiger partial charge in [0.1, 0.15) is 11.3 Å². The number of hydrogen-bond donors (Lipinski definition) is 4. The fourth-order valence-corrected chi connectivity index (χ4v) is 2.75. The first kappa shape index (κ1) is 18.6. The molecule has 0 aliphatic rings. The van der Waals surface area contributed by atoms with Crippen molar-refractivity contribution >= 4 is 22.8 Å². The van der Waals surface area contributed by atoms with Crippen LogP contribution in [-0.2, 0) is 4.79 Å². The quantitative estimate of drug-likeness (QED) is 0.378. The van der Waals surface area contributed by atoms with Gasteiger partial charge < -0.3 is 14.8 Å². The minimum absolute atomic E-state index is 0.00695. The lowest BCUT2D eigenvalue weighted by molar-refractivity contribution is -0.129. The highest BCUT2D eigenvalue weighted by Crippen LogP contribution is 2.27.